The van der Waals surface area contributed by atoms with Crippen LogP contribution in [0.4, 0.5) is 5.82 Å². The van der Waals surface area contributed by atoms with Crippen LogP contribution >= 0.6 is 0 Å². The zero-order valence-corrected chi connectivity index (χ0v) is 8.62. The third kappa shape index (κ3) is 2.97. The fraction of sp³-hybridized carbons (Fsp3) is 0.600. The van der Waals surface area contributed by atoms with Crippen molar-refractivity contribution in [2.45, 2.75) is 25.7 Å². The van der Waals surface area contributed by atoms with E-state index in [9.17, 15) is 4.79 Å². The van der Waals surface area contributed by atoms with Crippen LogP contribution in [-0.2, 0) is 0 Å². The predicted octanol–water partition coefficient (Wildman–Crippen LogP) is 0.912. The summed E-state index contributed by atoms with van der Waals surface area (Å²) >= 11 is 0. The van der Waals surface area contributed by atoms with E-state index in [1.165, 1.54) is 25.3 Å². The number of anilines is 1. The van der Waals surface area contributed by atoms with Crippen molar-refractivity contribution >= 4 is 11.7 Å². The maximum atomic E-state index is 11.5. The molecule has 0 atom stereocenters. The second kappa shape index (κ2) is 4.33. The highest BCUT2D eigenvalue weighted by atomic mass is 16.1. The van der Waals surface area contributed by atoms with E-state index in [0.29, 0.717) is 11.5 Å². The number of nitrogens with one attached hydrogen (secondary N) is 2. The van der Waals surface area contributed by atoms with Crippen LogP contribution in [0.5, 0.6) is 0 Å². The first-order chi connectivity index (χ1) is 7.25. The fourth-order valence-electron chi connectivity index (χ4n) is 1.55. The molecule has 0 unspecified atom stereocenters. The van der Waals surface area contributed by atoms with Crippen molar-refractivity contribution in [1.29, 1.82) is 0 Å². The van der Waals surface area contributed by atoms with E-state index in [-0.39, 0.29) is 5.91 Å². The second-order valence-corrected chi connectivity index (χ2v) is 4.05. The molecule has 1 saturated carbocycles. The van der Waals surface area contributed by atoms with Crippen LogP contribution in [0.25, 0.3) is 0 Å². The summed E-state index contributed by atoms with van der Waals surface area (Å²) in [4.78, 5) is 11.5. The molecule has 0 spiro atoms. The number of carbonyl (C=O) groups excluding carboxylic acids is 1. The number of rotatable bonds is 5. The predicted molar refractivity (Wildman–Crippen MR) is 57.3 cm³/mol. The second-order valence-electron chi connectivity index (χ2n) is 4.05. The van der Waals surface area contributed by atoms with Gasteiger partial charge in [-0.25, -0.2) is 0 Å². The Morgan fingerprint density at radius 2 is 2.47 bits per heavy atom. The van der Waals surface area contributed by atoms with Crippen LogP contribution in [0.1, 0.15) is 36.2 Å². The molecule has 0 radical (unpaired) electrons. The topological polar surface area (TPSA) is 83.8 Å². The zero-order valence-electron chi connectivity index (χ0n) is 8.62. The van der Waals surface area contributed by atoms with E-state index < -0.39 is 0 Å². The molecule has 5 nitrogen and oxygen atoms in total. The summed E-state index contributed by atoms with van der Waals surface area (Å²) in [5.41, 5.74) is 5.83. The van der Waals surface area contributed by atoms with Crippen molar-refractivity contribution in [1.82, 2.24) is 15.5 Å². The molecule has 82 valence electrons. The van der Waals surface area contributed by atoms with Gasteiger partial charge in [0.1, 0.15) is 11.5 Å². The minimum Gasteiger partial charge on any atom is -0.382 e. The monoisotopic (exact) mass is 208 g/mol. The van der Waals surface area contributed by atoms with Gasteiger partial charge in [0.05, 0.1) is 0 Å². The molecule has 1 aliphatic carbocycles. The maximum absolute atomic E-state index is 11.5. The van der Waals surface area contributed by atoms with Crippen molar-refractivity contribution in [3.05, 3.63) is 11.8 Å². The molecule has 1 amide bonds. The molecule has 0 saturated heterocycles. The minimum absolute atomic E-state index is 0.130. The number of H-pyrrole nitrogens is 1. The maximum Gasteiger partial charge on any atom is 0.269 e. The van der Waals surface area contributed by atoms with Gasteiger partial charge in [-0.1, -0.05) is 12.8 Å². The first kappa shape index (κ1) is 10.0. The molecule has 0 bridgehead atoms. The molecule has 4 N–H and O–H groups in total. The van der Waals surface area contributed by atoms with Crippen LogP contribution < -0.4 is 11.1 Å². The van der Waals surface area contributed by atoms with Gasteiger partial charge in [-0.2, -0.15) is 5.10 Å². The van der Waals surface area contributed by atoms with E-state index in [1.54, 1.807) is 0 Å². The summed E-state index contributed by atoms with van der Waals surface area (Å²) in [6.07, 6.45) is 5.02. The van der Waals surface area contributed by atoms with Gasteiger partial charge in [0.25, 0.3) is 5.91 Å². The smallest absolute Gasteiger partial charge is 0.269 e. The SMILES string of the molecule is Nc1cc(C(=O)NCCCC2CC2)[nH]n1. The lowest BCUT2D eigenvalue weighted by Crippen LogP contribution is -2.24. The quantitative estimate of drug-likeness (QED) is 0.629. The first-order valence-electron chi connectivity index (χ1n) is 5.35. The number of hydrogen-bond acceptors (Lipinski definition) is 3. The van der Waals surface area contributed by atoms with Gasteiger partial charge >= 0.3 is 0 Å². The molecule has 1 heterocycles. The van der Waals surface area contributed by atoms with E-state index in [4.69, 9.17) is 5.73 Å². The molecule has 15 heavy (non-hydrogen) atoms. The van der Waals surface area contributed by atoms with Gasteiger partial charge in [0.2, 0.25) is 0 Å². The molecular formula is C10H16N4O. The Balaban J connectivity index is 1.67. The largest absolute Gasteiger partial charge is 0.382 e. The zero-order chi connectivity index (χ0) is 10.7. The summed E-state index contributed by atoms with van der Waals surface area (Å²) in [5, 5.41) is 9.11. The number of hydrogen-bond donors (Lipinski definition) is 3. The first-order valence-corrected chi connectivity index (χ1v) is 5.35. The molecule has 1 fully saturated rings. The summed E-state index contributed by atoms with van der Waals surface area (Å²) in [5.74, 6) is 1.14. The highest BCUT2D eigenvalue weighted by molar-refractivity contribution is 5.92. The standard InChI is InChI=1S/C10H16N4O/c11-9-6-8(13-14-9)10(15)12-5-1-2-7-3-4-7/h6-7H,1-5H2,(H,12,15)(H3,11,13,14). The van der Waals surface area contributed by atoms with Crippen LogP contribution in [0.3, 0.4) is 0 Å². The third-order valence-electron chi connectivity index (χ3n) is 2.61. The molecular weight excluding hydrogens is 192 g/mol. The molecule has 5 heteroatoms. The van der Waals surface area contributed by atoms with Gasteiger partial charge in [-0.15, -0.1) is 0 Å². The number of aromatic amines is 1. The number of nitrogen functional groups attached to an aromatic ring is 1. The van der Waals surface area contributed by atoms with Crippen molar-refractivity contribution in [3.63, 3.8) is 0 Å². The number of aromatic nitrogens is 2. The van der Waals surface area contributed by atoms with E-state index in [0.717, 1.165) is 18.9 Å². The molecule has 1 aliphatic rings. The lowest BCUT2D eigenvalue weighted by molar-refractivity contribution is 0.0948. The van der Waals surface area contributed by atoms with E-state index >= 15 is 0 Å². The molecule has 1 aromatic rings. The Kier molecular flexibility index (Phi) is 2.89. The normalized spacial score (nSPS) is 15.2. The van der Waals surface area contributed by atoms with Gasteiger partial charge in [0, 0.05) is 12.6 Å². The van der Waals surface area contributed by atoms with Crippen molar-refractivity contribution in [2.75, 3.05) is 12.3 Å². The van der Waals surface area contributed by atoms with E-state index in [2.05, 4.69) is 15.5 Å². The van der Waals surface area contributed by atoms with Crippen LogP contribution in [0, 0.1) is 5.92 Å². The summed E-state index contributed by atoms with van der Waals surface area (Å²) < 4.78 is 0. The lowest BCUT2D eigenvalue weighted by Gasteiger charge is -2.02. The average Bonchev–Trinajstić information content (AvgIpc) is 2.94. The van der Waals surface area contributed by atoms with Crippen LogP contribution in [-0.4, -0.2) is 22.6 Å². The third-order valence-corrected chi connectivity index (χ3v) is 2.61. The Hall–Kier alpha value is -1.52. The summed E-state index contributed by atoms with van der Waals surface area (Å²) in [6, 6.07) is 1.54. The van der Waals surface area contributed by atoms with Crippen molar-refractivity contribution in [2.24, 2.45) is 5.92 Å². The lowest BCUT2D eigenvalue weighted by atomic mass is 10.2. The molecule has 1 aromatic heterocycles. The van der Waals surface area contributed by atoms with Gasteiger partial charge in [0.15, 0.2) is 0 Å². The number of amides is 1. The summed E-state index contributed by atoms with van der Waals surface area (Å²) in [7, 11) is 0. The van der Waals surface area contributed by atoms with E-state index in [1.807, 2.05) is 0 Å². The highest BCUT2D eigenvalue weighted by Gasteiger charge is 2.20. The molecule has 2 rings (SSSR count). The Bertz CT molecular complexity index is 343. The average molecular weight is 208 g/mol. The minimum atomic E-state index is -0.130. The Labute approximate surface area is 88.4 Å². The van der Waals surface area contributed by atoms with Gasteiger partial charge < -0.3 is 11.1 Å². The summed E-state index contributed by atoms with van der Waals surface area (Å²) in [6.45, 7) is 0.730. The van der Waals surface area contributed by atoms with Crippen molar-refractivity contribution in [3.8, 4) is 0 Å². The van der Waals surface area contributed by atoms with Crippen molar-refractivity contribution < 1.29 is 4.79 Å². The molecule has 0 aromatic carbocycles. The highest BCUT2D eigenvalue weighted by Crippen LogP contribution is 2.33. The van der Waals surface area contributed by atoms with Crippen LogP contribution in [0.2, 0.25) is 0 Å². The van der Waals surface area contributed by atoms with Gasteiger partial charge in [-0.3, -0.25) is 9.89 Å². The van der Waals surface area contributed by atoms with Crippen LogP contribution in [0.15, 0.2) is 6.07 Å². The molecule has 0 aliphatic heterocycles. The van der Waals surface area contributed by atoms with Gasteiger partial charge in [-0.05, 0) is 18.8 Å². The number of nitrogens with two attached hydrogens (primary N) is 1. The Morgan fingerprint density at radius 1 is 1.67 bits per heavy atom. The number of carbonyl (C=O) groups is 1. The number of nitrogens with zero attached hydrogens (tertiary/aromatic N) is 1. The fourth-order valence-corrected chi connectivity index (χ4v) is 1.55. The Morgan fingerprint density at radius 3 is 3.07 bits per heavy atom.